The number of ether oxygens (including phenoxy) is 1. The summed E-state index contributed by atoms with van der Waals surface area (Å²) in [7, 11) is 0. The number of hydrogen-bond donors (Lipinski definition) is 1. The highest BCUT2D eigenvalue weighted by Gasteiger charge is 2.27. The first-order valence-electron chi connectivity index (χ1n) is 13.5. The second-order valence-corrected chi connectivity index (χ2v) is 11.0. The van der Waals surface area contributed by atoms with Gasteiger partial charge in [-0.15, -0.1) is 0 Å². The first kappa shape index (κ1) is 25.8. The smallest absolute Gasteiger partial charge is 0.410 e. The zero-order valence-corrected chi connectivity index (χ0v) is 22.9. The largest absolute Gasteiger partial charge is 0.444 e. The van der Waals surface area contributed by atoms with Crippen LogP contribution in [0.1, 0.15) is 20.8 Å². The van der Waals surface area contributed by atoms with E-state index in [1.165, 1.54) is 6.07 Å². The molecule has 1 saturated heterocycles. The molecule has 1 amide bonds. The molecule has 206 valence electrons. The topological polar surface area (TPSA) is 87.9 Å². The van der Waals surface area contributed by atoms with Gasteiger partial charge in [-0.25, -0.2) is 19.2 Å². The van der Waals surface area contributed by atoms with Crippen LogP contribution in [0.15, 0.2) is 65.8 Å². The predicted octanol–water partition coefficient (Wildman–Crippen LogP) is 4.90. The molecule has 2 aromatic carbocycles. The lowest BCUT2D eigenvalue weighted by Crippen LogP contribution is -2.50. The number of carbonyl (C=O) groups excluding carboxylic acids is 1. The van der Waals surface area contributed by atoms with E-state index in [1.807, 2.05) is 43.9 Å². The lowest BCUT2D eigenvalue weighted by Gasteiger charge is -2.36. The molecule has 0 unspecified atom stereocenters. The van der Waals surface area contributed by atoms with Crippen LogP contribution in [0.2, 0.25) is 0 Å². The molecule has 1 N–H and O–H groups in total. The third-order valence-corrected chi connectivity index (χ3v) is 7.01. The number of pyridine rings is 1. The van der Waals surface area contributed by atoms with Crippen LogP contribution in [0, 0.1) is 5.82 Å². The van der Waals surface area contributed by atoms with Gasteiger partial charge < -0.3 is 24.4 Å². The van der Waals surface area contributed by atoms with Crippen LogP contribution in [0.25, 0.3) is 22.5 Å². The zero-order valence-electron chi connectivity index (χ0n) is 22.9. The van der Waals surface area contributed by atoms with Gasteiger partial charge in [0.25, 0.3) is 5.62 Å². The molecule has 2 aromatic rings. The highest BCUT2D eigenvalue weighted by Crippen LogP contribution is 2.36. The average Bonchev–Trinajstić information content (AvgIpc) is 3.43. The molecule has 4 aliphatic rings. The number of nitrogens with one attached hydrogen (secondary N) is 1. The summed E-state index contributed by atoms with van der Waals surface area (Å²) in [5.74, 6) is 1.43. The summed E-state index contributed by atoms with van der Waals surface area (Å²) in [4.78, 5) is 29.7. The number of nitrogens with zero attached hydrogens (tertiary/aromatic N) is 6. The molecule has 0 aliphatic carbocycles. The van der Waals surface area contributed by atoms with Crippen molar-refractivity contribution in [1.29, 1.82) is 0 Å². The first-order chi connectivity index (χ1) is 19.2. The first-order valence-corrected chi connectivity index (χ1v) is 13.5. The predicted molar refractivity (Wildman–Crippen MR) is 152 cm³/mol. The summed E-state index contributed by atoms with van der Waals surface area (Å²) in [6.45, 7) is 9.09. The summed E-state index contributed by atoms with van der Waals surface area (Å²) in [6.07, 6.45) is 1.43. The van der Waals surface area contributed by atoms with Gasteiger partial charge in [-0.2, -0.15) is 4.98 Å². The number of anilines is 2. The van der Waals surface area contributed by atoms with Crippen LogP contribution in [0.3, 0.4) is 0 Å². The number of benzene rings is 2. The Morgan fingerprint density at radius 3 is 2.50 bits per heavy atom. The Bertz CT molecular complexity index is 1590. The van der Waals surface area contributed by atoms with Gasteiger partial charge in [-0.3, -0.25) is 0 Å². The van der Waals surface area contributed by atoms with Crippen molar-refractivity contribution >= 4 is 23.3 Å². The van der Waals surface area contributed by atoms with Gasteiger partial charge in [-0.05, 0) is 44.5 Å². The fraction of sp³-hybridized carbons (Fsp3) is 0.333. The highest BCUT2D eigenvalue weighted by atomic mass is 19.1. The van der Waals surface area contributed by atoms with Gasteiger partial charge in [0.15, 0.2) is 0 Å². The fourth-order valence-electron chi connectivity index (χ4n) is 5.15. The third kappa shape index (κ3) is 5.21. The second-order valence-electron chi connectivity index (χ2n) is 11.0. The number of carbonyl (C=O) groups is 1. The van der Waals surface area contributed by atoms with Crippen LogP contribution in [0.4, 0.5) is 26.4 Å². The molecule has 0 atom stereocenters. The summed E-state index contributed by atoms with van der Waals surface area (Å²) in [5, 5.41) is 3.48. The Morgan fingerprint density at radius 2 is 1.77 bits per heavy atom. The Morgan fingerprint density at radius 1 is 1.00 bits per heavy atom. The third-order valence-electron chi connectivity index (χ3n) is 7.01. The zero-order chi connectivity index (χ0) is 27.9. The molecule has 0 bridgehead atoms. The molecule has 0 spiro atoms. The van der Waals surface area contributed by atoms with Crippen molar-refractivity contribution in [2.24, 2.45) is 4.99 Å². The number of halogens is 1. The van der Waals surface area contributed by atoms with Crippen LogP contribution in [-0.4, -0.2) is 63.9 Å². The summed E-state index contributed by atoms with van der Waals surface area (Å²) in [6, 6.07) is 17.2. The van der Waals surface area contributed by atoms with Crippen molar-refractivity contribution in [2.45, 2.75) is 32.9 Å². The van der Waals surface area contributed by atoms with E-state index in [2.05, 4.69) is 38.1 Å². The maximum atomic E-state index is 15.2. The molecule has 40 heavy (non-hydrogen) atoms. The Balaban J connectivity index is 1.23. The normalized spacial score (nSPS) is 15.8. The Hall–Kier alpha value is -4.47. The Labute approximate surface area is 232 Å². The van der Waals surface area contributed by atoms with E-state index in [4.69, 9.17) is 9.72 Å². The van der Waals surface area contributed by atoms with Crippen molar-refractivity contribution in [3.63, 3.8) is 0 Å². The number of hydrogen-bond acceptors (Lipinski definition) is 7. The molecule has 0 saturated carbocycles. The molecule has 4 heterocycles. The monoisotopic (exact) mass is 541 g/mol. The van der Waals surface area contributed by atoms with Gasteiger partial charge >= 0.3 is 6.09 Å². The standard InChI is InChI=1S/C30H32FN7O2/c1-30(2,3)40-29(39)37-15-13-36(14-16-37)25-10-9-22(18-24(25)31)34-28-33-19-21-17-23(20-7-5-4-6-8-20)27-32-11-12-38(27)26(21)35-28/h4-10,17-19,32H,11-16H2,1-3H3. The molecular formula is C30H32FN7O2. The summed E-state index contributed by atoms with van der Waals surface area (Å²) < 4.78 is 22.8. The van der Waals surface area contributed by atoms with E-state index in [-0.39, 0.29) is 17.5 Å². The molecular weight excluding hydrogens is 509 g/mol. The minimum Gasteiger partial charge on any atom is -0.444 e. The molecule has 4 aliphatic heterocycles. The van der Waals surface area contributed by atoms with E-state index in [0.717, 1.165) is 41.4 Å². The van der Waals surface area contributed by atoms with E-state index in [1.54, 1.807) is 23.2 Å². The summed E-state index contributed by atoms with van der Waals surface area (Å²) >= 11 is 0. The molecule has 10 heteroatoms. The minimum absolute atomic E-state index is 0.277. The second kappa shape index (κ2) is 10.3. The van der Waals surface area contributed by atoms with E-state index in [0.29, 0.717) is 37.6 Å². The van der Waals surface area contributed by atoms with Crippen LogP contribution >= 0.6 is 0 Å². The van der Waals surface area contributed by atoms with Crippen molar-refractivity contribution in [3.05, 3.63) is 72.2 Å². The van der Waals surface area contributed by atoms with Gasteiger partial charge in [0, 0.05) is 62.7 Å². The van der Waals surface area contributed by atoms with Gasteiger partial charge in [0.2, 0.25) is 0 Å². The van der Waals surface area contributed by atoms with Crippen molar-refractivity contribution < 1.29 is 13.9 Å². The van der Waals surface area contributed by atoms with Gasteiger partial charge in [0.05, 0.1) is 11.4 Å². The van der Waals surface area contributed by atoms with E-state index in [9.17, 15) is 4.79 Å². The van der Waals surface area contributed by atoms with Crippen LogP contribution in [0.5, 0.6) is 0 Å². The SMILES string of the molecule is CC(C)(C)OC(=O)N1CCN(c2ccc(N=c3ncc4cc(-c5ccccc5)c5n(c-4n3)CCN5)cc2F)CC1. The Kier molecular flexibility index (Phi) is 6.61. The maximum absolute atomic E-state index is 15.2. The van der Waals surface area contributed by atoms with Crippen molar-refractivity contribution in [3.8, 4) is 22.5 Å². The van der Waals surface area contributed by atoms with Gasteiger partial charge in [-0.1, -0.05) is 30.3 Å². The highest BCUT2D eigenvalue weighted by molar-refractivity contribution is 5.82. The lowest BCUT2D eigenvalue weighted by molar-refractivity contribution is 0.0240. The van der Waals surface area contributed by atoms with E-state index >= 15 is 4.39 Å². The lowest BCUT2D eigenvalue weighted by atomic mass is 10.0. The summed E-state index contributed by atoms with van der Waals surface area (Å²) in [5.41, 5.74) is 3.79. The molecule has 1 fully saturated rings. The van der Waals surface area contributed by atoms with Crippen molar-refractivity contribution in [1.82, 2.24) is 19.4 Å². The number of rotatable bonds is 3. The fourth-order valence-corrected chi connectivity index (χ4v) is 5.15. The molecule has 0 radical (unpaired) electrons. The number of fused-ring (bicyclic) bond motifs is 3. The van der Waals surface area contributed by atoms with Crippen molar-refractivity contribution in [2.75, 3.05) is 42.9 Å². The average molecular weight is 542 g/mol. The van der Waals surface area contributed by atoms with Gasteiger partial charge in [0.1, 0.15) is 23.1 Å². The van der Waals surface area contributed by atoms with Crippen LogP contribution < -0.4 is 15.8 Å². The molecule has 0 aromatic heterocycles. The van der Waals surface area contributed by atoms with E-state index < -0.39 is 5.60 Å². The number of amides is 1. The quantitative estimate of drug-likeness (QED) is 0.397. The molecule has 9 nitrogen and oxygen atoms in total. The number of piperazine rings is 1. The number of aromatic nitrogens is 3. The van der Waals surface area contributed by atoms with Crippen LogP contribution in [-0.2, 0) is 11.3 Å². The molecule has 6 rings (SSSR count). The maximum Gasteiger partial charge on any atom is 0.410 e. The minimum atomic E-state index is -0.546.